The van der Waals surface area contributed by atoms with Gasteiger partial charge in [-0.3, -0.25) is 4.79 Å². The molecule has 2 N–H and O–H groups in total. The van der Waals surface area contributed by atoms with E-state index in [1.165, 1.54) is 19.1 Å². The fourth-order valence-electron chi connectivity index (χ4n) is 1.79. The number of carbonyl (C=O) groups is 1. The Morgan fingerprint density at radius 3 is 2.75 bits per heavy atom. The zero-order valence-corrected chi connectivity index (χ0v) is 11.7. The van der Waals surface area contributed by atoms with Crippen molar-refractivity contribution in [2.45, 2.75) is 13.5 Å². The van der Waals surface area contributed by atoms with E-state index in [1.807, 2.05) is 18.2 Å². The van der Waals surface area contributed by atoms with Crippen molar-refractivity contribution < 1.29 is 9.18 Å². The van der Waals surface area contributed by atoms with E-state index in [-0.39, 0.29) is 11.7 Å². The van der Waals surface area contributed by atoms with Crippen LogP contribution >= 0.6 is 11.6 Å². The van der Waals surface area contributed by atoms with Gasteiger partial charge in [-0.05, 0) is 35.9 Å². The molecule has 0 saturated carbocycles. The Morgan fingerprint density at radius 1 is 1.25 bits per heavy atom. The molecule has 1 amide bonds. The number of hydrogen-bond donors (Lipinski definition) is 2. The fourth-order valence-corrected chi connectivity index (χ4v) is 2.00. The van der Waals surface area contributed by atoms with Gasteiger partial charge in [0.05, 0.1) is 5.69 Å². The van der Waals surface area contributed by atoms with Crippen LogP contribution in [0, 0.1) is 5.82 Å². The molecule has 0 aliphatic heterocycles. The van der Waals surface area contributed by atoms with E-state index in [1.54, 1.807) is 12.1 Å². The van der Waals surface area contributed by atoms with Crippen molar-refractivity contribution in [2.24, 2.45) is 0 Å². The summed E-state index contributed by atoms with van der Waals surface area (Å²) in [5.41, 5.74) is 1.82. The number of nitrogens with one attached hydrogen (secondary N) is 2. The molecule has 2 aromatic carbocycles. The van der Waals surface area contributed by atoms with Crippen molar-refractivity contribution in [3.8, 4) is 0 Å². The van der Waals surface area contributed by atoms with E-state index in [2.05, 4.69) is 10.6 Å². The minimum absolute atomic E-state index is 0.197. The summed E-state index contributed by atoms with van der Waals surface area (Å²) in [5.74, 6) is -0.571. The largest absolute Gasteiger partial charge is 0.379 e. The summed E-state index contributed by atoms with van der Waals surface area (Å²) in [6.07, 6.45) is 0. The maximum absolute atomic E-state index is 13.7. The van der Waals surface area contributed by atoms with E-state index in [0.29, 0.717) is 22.9 Å². The van der Waals surface area contributed by atoms with Crippen LogP contribution in [-0.4, -0.2) is 5.91 Å². The van der Waals surface area contributed by atoms with Crippen molar-refractivity contribution in [1.82, 2.24) is 0 Å². The first-order valence-electron chi connectivity index (χ1n) is 6.10. The lowest BCUT2D eigenvalue weighted by molar-refractivity contribution is -0.114. The van der Waals surface area contributed by atoms with Crippen LogP contribution in [0.15, 0.2) is 42.5 Å². The SMILES string of the molecule is CC(=O)Nc1ccc(F)c(NCc2cccc(Cl)c2)c1. The molecule has 0 radical (unpaired) electrons. The van der Waals surface area contributed by atoms with Gasteiger partial charge in [-0.2, -0.15) is 0 Å². The normalized spacial score (nSPS) is 10.2. The van der Waals surface area contributed by atoms with Crippen molar-refractivity contribution in [3.05, 3.63) is 58.9 Å². The van der Waals surface area contributed by atoms with Crippen LogP contribution in [0.3, 0.4) is 0 Å². The first-order valence-corrected chi connectivity index (χ1v) is 6.48. The van der Waals surface area contributed by atoms with Gasteiger partial charge in [0, 0.05) is 24.2 Å². The Kier molecular flexibility index (Phi) is 4.58. The molecule has 0 spiro atoms. The molecule has 3 nitrogen and oxygen atoms in total. The van der Waals surface area contributed by atoms with Gasteiger partial charge in [0.2, 0.25) is 5.91 Å². The Morgan fingerprint density at radius 2 is 2.05 bits per heavy atom. The first kappa shape index (κ1) is 14.3. The van der Waals surface area contributed by atoms with E-state index in [9.17, 15) is 9.18 Å². The molecule has 0 fully saturated rings. The van der Waals surface area contributed by atoms with E-state index >= 15 is 0 Å². The molecule has 0 aliphatic carbocycles. The van der Waals surface area contributed by atoms with Gasteiger partial charge in [-0.25, -0.2) is 4.39 Å². The van der Waals surface area contributed by atoms with Crippen molar-refractivity contribution in [1.29, 1.82) is 0 Å². The maximum atomic E-state index is 13.7. The highest BCUT2D eigenvalue weighted by atomic mass is 35.5. The smallest absolute Gasteiger partial charge is 0.221 e. The average molecular weight is 293 g/mol. The quantitative estimate of drug-likeness (QED) is 0.892. The summed E-state index contributed by atoms with van der Waals surface area (Å²) in [6.45, 7) is 1.85. The lowest BCUT2D eigenvalue weighted by Gasteiger charge is -2.10. The van der Waals surface area contributed by atoms with Crippen molar-refractivity contribution >= 4 is 28.9 Å². The van der Waals surface area contributed by atoms with Crippen LogP contribution in [0.2, 0.25) is 5.02 Å². The van der Waals surface area contributed by atoms with Crippen LogP contribution in [-0.2, 0) is 11.3 Å². The van der Waals surface area contributed by atoms with Crippen molar-refractivity contribution in [2.75, 3.05) is 10.6 Å². The van der Waals surface area contributed by atoms with Crippen LogP contribution in [0.5, 0.6) is 0 Å². The highest BCUT2D eigenvalue weighted by molar-refractivity contribution is 6.30. The molecule has 104 valence electrons. The van der Waals surface area contributed by atoms with E-state index < -0.39 is 0 Å². The topological polar surface area (TPSA) is 41.1 Å². The average Bonchev–Trinajstić information content (AvgIpc) is 2.39. The second kappa shape index (κ2) is 6.39. The summed E-state index contributed by atoms with van der Waals surface area (Å²) < 4.78 is 13.7. The molecule has 0 unspecified atom stereocenters. The van der Waals surface area contributed by atoms with Gasteiger partial charge in [0.1, 0.15) is 5.82 Å². The zero-order valence-electron chi connectivity index (χ0n) is 10.9. The third kappa shape index (κ3) is 3.96. The summed E-state index contributed by atoms with van der Waals surface area (Å²) in [6, 6.07) is 11.7. The van der Waals surface area contributed by atoms with Gasteiger partial charge < -0.3 is 10.6 Å². The molecule has 0 aliphatic rings. The Bertz CT molecular complexity index is 631. The van der Waals surface area contributed by atoms with Gasteiger partial charge in [-0.15, -0.1) is 0 Å². The van der Waals surface area contributed by atoms with Gasteiger partial charge in [0.15, 0.2) is 0 Å². The highest BCUT2D eigenvalue weighted by Crippen LogP contribution is 2.21. The predicted molar refractivity (Wildman–Crippen MR) is 79.5 cm³/mol. The predicted octanol–water partition coefficient (Wildman–Crippen LogP) is 4.05. The summed E-state index contributed by atoms with van der Waals surface area (Å²) in [4.78, 5) is 11.0. The lowest BCUT2D eigenvalue weighted by atomic mass is 10.2. The van der Waals surface area contributed by atoms with Gasteiger partial charge in [-0.1, -0.05) is 23.7 Å². The Balaban J connectivity index is 2.10. The molecule has 0 atom stereocenters. The second-order valence-corrected chi connectivity index (χ2v) is 4.80. The Labute approximate surface area is 121 Å². The number of carbonyl (C=O) groups excluding carboxylic acids is 1. The zero-order chi connectivity index (χ0) is 14.5. The molecular formula is C15H14ClFN2O. The maximum Gasteiger partial charge on any atom is 0.221 e. The molecular weight excluding hydrogens is 279 g/mol. The molecule has 2 aromatic rings. The number of anilines is 2. The minimum Gasteiger partial charge on any atom is -0.379 e. The van der Waals surface area contributed by atoms with Crippen LogP contribution in [0.25, 0.3) is 0 Å². The number of benzene rings is 2. The molecule has 5 heteroatoms. The van der Waals surface area contributed by atoms with E-state index in [0.717, 1.165) is 5.56 Å². The van der Waals surface area contributed by atoms with Crippen LogP contribution in [0.1, 0.15) is 12.5 Å². The van der Waals surface area contributed by atoms with Gasteiger partial charge >= 0.3 is 0 Å². The monoisotopic (exact) mass is 292 g/mol. The van der Waals surface area contributed by atoms with E-state index in [4.69, 9.17) is 11.6 Å². The third-order valence-corrected chi connectivity index (χ3v) is 2.89. The summed E-state index contributed by atoms with van der Waals surface area (Å²) in [5, 5.41) is 6.23. The molecule has 0 bridgehead atoms. The second-order valence-electron chi connectivity index (χ2n) is 4.36. The highest BCUT2D eigenvalue weighted by Gasteiger charge is 2.04. The standard InChI is InChI=1S/C15H14ClFN2O/c1-10(20)19-13-5-6-14(17)15(8-13)18-9-11-3-2-4-12(16)7-11/h2-8,18H,9H2,1H3,(H,19,20). The third-order valence-electron chi connectivity index (χ3n) is 2.66. The summed E-state index contributed by atoms with van der Waals surface area (Å²) in [7, 11) is 0. The fraction of sp³-hybridized carbons (Fsp3) is 0.133. The molecule has 0 saturated heterocycles. The lowest BCUT2D eigenvalue weighted by Crippen LogP contribution is -2.07. The number of rotatable bonds is 4. The molecule has 20 heavy (non-hydrogen) atoms. The molecule has 2 rings (SSSR count). The van der Waals surface area contributed by atoms with Crippen LogP contribution < -0.4 is 10.6 Å². The van der Waals surface area contributed by atoms with Gasteiger partial charge in [0.25, 0.3) is 0 Å². The summed E-state index contributed by atoms with van der Waals surface area (Å²) >= 11 is 5.89. The molecule has 0 heterocycles. The molecule has 0 aromatic heterocycles. The number of amides is 1. The first-order chi connectivity index (χ1) is 9.54. The number of hydrogen-bond acceptors (Lipinski definition) is 2. The minimum atomic E-state index is -0.374. The van der Waals surface area contributed by atoms with Crippen molar-refractivity contribution in [3.63, 3.8) is 0 Å². The van der Waals surface area contributed by atoms with Crippen LogP contribution in [0.4, 0.5) is 15.8 Å². The Hall–Kier alpha value is -2.07. The number of halogens is 2.